The predicted octanol–water partition coefficient (Wildman–Crippen LogP) is 2.19. The Morgan fingerprint density at radius 1 is 0.808 bits per heavy atom. The molecule has 0 aromatic rings. The minimum atomic E-state index is 0.266. The molecule has 0 unspecified atom stereocenters. The van der Waals surface area contributed by atoms with Gasteiger partial charge in [-0.05, 0) is 64.8 Å². The van der Waals surface area contributed by atoms with Gasteiger partial charge in [0, 0.05) is 32.7 Å². The van der Waals surface area contributed by atoms with E-state index in [0.29, 0.717) is 0 Å². The zero-order chi connectivity index (χ0) is 18.2. The summed E-state index contributed by atoms with van der Waals surface area (Å²) < 4.78 is 0. The number of piperidine rings is 1. The third-order valence-electron chi connectivity index (χ3n) is 5.90. The van der Waals surface area contributed by atoms with Crippen LogP contribution in [0.1, 0.15) is 38.5 Å². The minimum absolute atomic E-state index is 0.266. The first-order chi connectivity index (χ1) is 12.8. The Kier molecular flexibility index (Phi) is 7.17. The normalized spacial score (nSPS) is 23.9. The number of nitriles is 1. The van der Waals surface area contributed by atoms with Crippen LogP contribution in [0.15, 0.2) is 11.5 Å². The monoisotopic (exact) mass is 356 g/mol. The fourth-order valence-electron chi connectivity index (χ4n) is 4.45. The lowest BCUT2D eigenvalue weighted by Crippen LogP contribution is -2.34. The van der Waals surface area contributed by atoms with Crippen LogP contribution in [0.2, 0.25) is 0 Å². The molecule has 6 nitrogen and oxygen atoms in total. The lowest BCUT2D eigenvalue weighted by Gasteiger charge is -2.29. The Bertz CT molecular complexity index is 544. The molecule has 0 amide bonds. The number of rotatable bonds is 7. The van der Waals surface area contributed by atoms with E-state index in [1.165, 1.54) is 58.3 Å². The topological polar surface area (TPSA) is 41.1 Å². The Morgan fingerprint density at radius 3 is 2.00 bits per heavy atom. The van der Waals surface area contributed by atoms with Crippen LogP contribution in [0.4, 0.5) is 0 Å². The molecule has 0 saturated carbocycles. The highest BCUT2D eigenvalue weighted by molar-refractivity contribution is 5.33. The highest BCUT2D eigenvalue weighted by atomic mass is 15.4. The first-order valence-corrected chi connectivity index (χ1v) is 10.3. The molecule has 3 saturated heterocycles. The molecule has 0 aromatic heterocycles. The number of likely N-dealkylation sites (tertiary alicyclic amines) is 2. The molecular formula is C20H32N6. The van der Waals surface area contributed by atoms with Crippen molar-refractivity contribution >= 4 is 0 Å². The fraction of sp³-hybridized carbons (Fsp3) is 0.800. The van der Waals surface area contributed by atoms with Crippen LogP contribution >= 0.6 is 0 Å². The first kappa shape index (κ1) is 19.0. The predicted molar refractivity (Wildman–Crippen MR) is 103 cm³/mol. The molecule has 3 fully saturated rings. The maximum Gasteiger partial charge on any atom is 0.300 e. The van der Waals surface area contributed by atoms with Crippen molar-refractivity contribution in [1.29, 1.82) is 5.26 Å². The molecule has 3 aliphatic heterocycles. The van der Waals surface area contributed by atoms with Crippen LogP contribution in [-0.2, 0) is 0 Å². The SMILES string of the molecule is [C-]#[N+]/C(C#N)=C1\N(CCCN2CCCCC2)CCN1CCN1CCCC1. The average molecular weight is 357 g/mol. The lowest BCUT2D eigenvalue weighted by atomic mass is 10.1. The summed E-state index contributed by atoms with van der Waals surface area (Å²) in [6.07, 6.45) is 7.75. The summed E-state index contributed by atoms with van der Waals surface area (Å²) in [5, 5.41) is 9.44. The molecule has 3 heterocycles. The van der Waals surface area contributed by atoms with Gasteiger partial charge in [-0.3, -0.25) is 0 Å². The maximum absolute atomic E-state index is 9.44. The third-order valence-corrected chi connectivity index (χ3v) is 5.90. The van der Waals surface area contributed by atoms with E-state index in [-0.39, 0.29) is 5.70 Å². The van der Waals surface area contributed by atoms with Crippen LogP contribution in [0.25, 0.3) is 4.85 Å². The molecule has 142 valence electrons. The molecule has 0 aromatic carbocycles. The second kappa shape index (κ2) is 9.80. The van der Waals surface area contributed by atoms with Gasteiger partial charge in [-0.1, -0.05) is 6.42 Å². The van der Waals surface area contributed by atoms with Crippen molar-refractivity contribution in [2.24, 2.45) is 0 Å². The van der Waals surface area contributed by atoms with E-state index in [4.69, 9.17) is 6.57 Å². The third kappa shape index (κ3) is 4.90. The van der Waals surface area contributed by atoms with Crippen molar-refractivity contribution in [1.82, 2.24) is 19.6 Å². The van der Waals surface area contributed by atoms with Gasteiger partial charge in [0.1, 0.15) is 5.82 Å². The van der Waals surface area contributed by atoms with E-state index in [2.05, 4.69) is 30.5 Å². The summed E-state index contributed by atoms with van der Waals surface area (Å²) in [6, 6.07) is 2.14. The molecule has 3 aliphatic rings. The van der Waals surface area contributed by atoms with Crippen LogP contribution in [0.5, 0.6) is 0 Å². The molecular weight excluding hydrogens is 324 g/mol. The van der Waals surface area contributed by atoms with E-state index in [9.17, 15) is 5.26 Å². The van der Waals surface area contributed by atoms with Gasteiger partial charge in [0.05, 0.1) is 12.6 Å². The standard InChI is InChI=1S/C20H32N6/c1-22-19(18-21)20-25(13-7-12-23-8-3-2-4-9-23)16-17-26(20)15-14-24-10-5-6-11-24/h2-17H2/b20-19+. The molecule has 0 N–H and O–H groups in total. The van der Waals surface area contributed by atoms with Gasteiger partial charge in [-0.25, -0.2) is 10.1 Å². The molecule has 3 rings (SSSR count). The van der Waals surface area contributed by atoms with Crippen molar-refractivity contribution in [3.8, 4) is 6.07 Å². The second-order valence-electron chi connectivity index (χ2n) is 7.67. The molecule has 0 atom stereocenters. The summed E-state index contributed by atoms with van der Waals surface area (Å²) in [5.41, 5.74) is 0.266. The summed E-state index contributed by atoms with van der Waals surface area (Å²) >= 11 is 0. The molecule has 0 bridgehead atoms. The summed E-state index contributed by atoms with van der Waals surface area (Å²) in [4.78, 5) is 13.1. The molecule has 26 heavy (non-hydrogen) atoms. The van der Waals surface area contributed by atoms with Crippen LogP contribution in [0.3, 0.4) is 0 Å². The highest BCUT2D eigenvalue weighted by Gasteiger charge is 2.28. The van der Waals surface area contributed by atoms with Crippen LogP contribution in [-0.4, -0.2) is 85.0 Å². The van der Waals surface area contributed by atoms with Gasteiger partial charge in [-0.2, -0.15) is 0 Å². The van der Waals surface area contributed by atoms with E-state index >= 15 is 0 Å². The summed E-state index contributed by atoms with van der Waals surface area (Å²) in [5.74, 6) is 0.889. The van der Waals surface area contributed by atoms with E-state index in [0.717, 1.165) is 51.5 Å². The van der Waals surface area contributed by atoms with Gasteiger partial charge in [0.25, 0.3) is 0 Å². The summed E-state index contributed by atoms with van der Waals surface area (Å²) in [6.45, 7) is 18.2. The number of hydrogen-bond donors (Lipinski definition) is 0. The zero-order valence-corrected chi connectivity index (χ0v) is 16.0. The van der Waals surface area contributed by atoms with Crippen molar-refractivity contribution in [2.75, 3.05) is 65.4 Å². The van der Waals surface area contributed by atoms with E-state index in [1.807, 2.05) is 0 Å². The molecule has 0 aliphatic carbocycles. The van der Waals surface area contributed by atoms with E-state index in [1.54, 1.807) is 0 Å². The Morgan fingerprint density at radius 2 is 1.38 bits per heavy atom. The van der Waals surface area contributed by atoms with Gasteiger partial charge in [0.2, 0.25) is 0 Å². The van der Waals surface area contributed by atoms with Crippen LogP contribution in [0, 0.1) is 17.9 Å². The van der Waals surface area contributed by atoms with Gasteiger partial charge in [0.15, 0.2) is 0 Å². The maximum atomic E-state index is 9.44. The minimum Gasteiger partial charge on any atom is -0.365 e. The lowest BCUT2D eigenvalue weighted by molar-refractivity contribution is 0.214. The van der Waals surface area contributed by atoms with Gasteiger partial charge in [-0.15, -0.1) is 0 Å². The Hall–Kier alpha value is -1.76. The summed E-state index contributed by atoms with van der Waals surface area (Å²) in [7, 11) is 0. The second-order valence-corrected chi connectivity index (χ2v) is 7.67. The zero-order valence-electron chi connectivity index (χ0n) is 16.0. The number of hydrogen-bond acceptors (Lipinski definition) is 5. The highest BCUT2D eigenvalue weighted by Crippen LogP contribution is 2.23. The van der Waals surface area contributed by atoms with Gasteiger partial charge >= 0.3 is 5.70 Å². The molecule has 0 radical (unpaired) electrons. The fourth-order valence-corrected chi connectivity index (χ4v) is 4.45. The smallest absolute Gasteiger partial charge is 0.300 e. The Balaban J connectivity index is 1.55. The van der Waals surface area contributed by atoms with Crippen LogP contribution < -0.4 is 0 Å². The largest absolute Gasteiger partial charge is 0.365 e. The molecule has 6 heteroatoms. The van der Waals surface area contributed by atoms with Crippen molar-refractivity contribution < 1.29 is 0 Å². The van der Waals surface area contributed by atoms with Gasteiger partial charge < -0.3 is 19.6 Å². The quantitative estimate of drug-likeness (QED) is 0.517. The van der Waals surface area contributed by atoms with Crippen molar-refractivity contribution in [2.45, 2.75) is 38.5 Å². The average Bonchev–Trinajstić information content (AvgIpc) is 3.33. The number of nitrogens with zero attached hydrogens (tertiary/aromatic N) is 6. The molecule has 0 spiro atoms. The first-order valence-electron chi connectivity index (χ1n) is 10.3. The number of allylic oxidation sites excluding steroid dienone is 1. The van der Waals surface area contributed by atoms with Crippen molar-refractivity contribution in [3.05, 3.63) is 22.9 Å². The van der Waals surface area contributed by atoms with Crippen molar-refractivity contribution in [3.63, 3.8) is 0 Å². The van der Waals surface area contributed by atoms with E-state index < -0.39 is 0 Å². The Labute approximate surface area is 158 Å².